The average Bonchev–Trinajstić information content (AvgIpc) is 2.26. The van der Waals surface area contributed by atoms with Crippen molar-refractivity contribution in [2.24, 2.45) is 0 Å². The fourth-order valence-electron chi connectivity index (χ4n) is 1.37. The van der Waals surface area contributed by atoms with Gasteiger partial charge in [-0.15, -0.1) is 0 Å². The van der Waals surface area contributed by atoms with Crippen LogP contribution in [0.3, 0.4) is 0 Å². The summed E-state index contributed by atoms with van der Waals surface area (Å²) in [6, 6.07) is 4.65. The third-order valence-corrected chi connectivity index (χ3v) is 2.77. The number of ether oxygens (including phenoxy) is 2. The van der Waals surface area contributed by atoms with Gasteiger partial charge in [-0.2, -0.15) is 0 Å². The van der Waals surface area contributed by atoms with Crippen LogP contribution in [0.15, 0.2) is 22.7 Å². The zero-order chi connectivity index (χ0) is 14.6. The van der Waals surface area contributed by atoms with E-state index in [1.165, 1.54) is 0 Å². The number of rotatable bonds is 4. The van der Waals surface area contributed by atoms with Crippen LogP contribution in [0, 0.1) is 0 Å². The van der Waals surface area contributed by atoms with E-state index in [-0.39, 0.29) is 12.2 Å². The van der Waals surface area contributed by atoms with Crippen molar-refractivity contribution in [2.75, 3.05) is 0 Å². The van der Waals surface area contributed by atoms with Gasteiger partial charge in [-0.05, 0) is 61.8 Å². The average molecular weight is 329 g/mol. The maximum atomic E-state index is 11.8. The molecule has 0 radical (unpaired) electrons. The molecule has 104 valence electrons. The first-order valence-corrected chi connectivity index (χ1v) is 6.82. The summed E-state index contributed by atoms with van der Waals surface area (Å²) < 4.78 is 10.7. The van der Waals surface area contributed by atoms with E-state index in [0.29, 0.717) is 15.6 Å². The Morgan fingerprint density at radius 3 is 2.00 bits per heavy atom. The molecular formula is C14H17BrO4. The summed E-state index contributed by atoms with van der Waals surface area (Å²) >= 11 is 3.26. The lowest BCUT2D eigenvalue weighted by molar-refractivity contribution is 0.0361. The van der Waals surface area contributed by atoms with Crippen LogP contribution in [0.25, 0.3) is 0 Å². The summed E-state index contributed by atoms with van der Waals surface area (Å²) in [7, 11) is 0. The Morgan fingerprint density at radius 2 is 1.53 bits per heavy atom. The Bertz CT molecular complexity index is 480. The molecule has 0 saturated carbocycles. The highest BCUT2D eigenvalue weighted by Crippen LogP contribution is 2.21. The molecular weight excluding hydrogens is 312 g/mol. The second kappa shape index (κ2) is 6.70. The maximum absolute atomic E-state index is 11.8. The SMILES string of the molecule is CC(C)OC(=O)c1ccc(C(=O)OC(C)C)c(Br)c1. The molecule has 0 fully saturated rings. The topological polar surface area (TPSA) is 52.6 Å². The van der Waals surface area contributed by atoms with Crippen molar-refractivity contribution in [2.45, 2.75) is 39.9 Å². The molecule has 0 unspecified atom stereocenters. The van der Waals surface area contributed by atoms with Crippen LogP contribution in [-0.4, -0.2) is 24.1 Å². The smallest absolute Gasteiger partial charge is 0.339 e. The minimum atomic E-state index is -0.425. The van der Waals surface area contributed by atoms with Gasteiger partial charge in [0, 0.05) is 4.47 Å². The van der Waals surface area contributed by atoms with Crippen molar-refractivity contribution in [3.05, 3.63) is 33.8 Å². The molecule has 0 aliphatic heterocycles. The minimum absolute atomic E-state index is 0.183. The summed E-state index contributed by atoms with van der Waals surface area (Å²) in [4.78, 5) is 23.5. The third-order valence-electron chi connectivity index (χ3n) is 2.11. The van der Waals surface area contributed by atoms with Gasteiger partial charge in [-0.3, -0.25) is 0 Å². The predicted octanol–water partition coefficient (Wildman–Crippen LogP) is 3.58. The number of hydrogen-bond donors (Lipinski definition) is 0. The van der Waals surface area contributed by atoms with Crippen molar-refractivity contribution in [3.8, 4) is 0 Å². The van der Waals surface area contributed by atoms with E-state index in [9.17, 15) is 9.59 Å². The summed E-state index contributed by atoms with van der Waals surface area (Å²) in [6.45, 7) is 7.11. The number of hydrogen-bond acceptors (Lipinski definition) is 4. The zero-order valence-electron chi connectivity index (χ0n) is 11.4. The Balaban J connectivity index is 2.91. The number of carbonyl (C=O) groups excluding carboxylic acids is 2. The van der Waals surface area contributed by atoms with Crippen molar-refractivity contribution < 1.29 is 19.1 Å². The third kappa shape index (κ3) is 4.67. The normalized spacial score (nSPS) is 10.7. The van der Waals surface area contributed by atoms with Gasteiger partial charge in [0.05, 0.1) is 23.3 Å². The summed E-state index contributed by atoms with van der Waals surface area (Å²) in [5.74, 6) is -0.842. The second-order valence-electron chi connectivity index (χ2n) is 4.60. The number of benzene rings is 1. The summed E-state index contributed by atoms with van der Waals surface area (Å²) in [6.07, 6.45) is -0.373. The van der Waals surface area contributed by atoms with E-state index < -0.39 is 11.9 Å². The first-order chi connectivity index (χ1) is 8.81. The van der Waals surface area contributed by atoms with E-state index in [2.05, 4.69) is 15.9 Å². The van der Waals surface area contributed by atoms with Crippen LogP contribution in [0.1, 0.15) is 48.4 Å². The molecule has 0 bridgehead atoms. The first kappa shape index (κ1) is 15.7. The Labute approximate surface area is 121 Å². The van der Waals surface area contributed by atoms with Gasteiger partial charge in [0.2, 0.25) is 0 Å². The highest BCUT2D eigenvalue weighted by molar-refractivity contribution is 9.10. The largest absolute Gasteiger partial charge is 0.459 e. The van der Waals surface area contributed by atoms with E-state index in [1.807, 2.05) is 0 Å². The Morgan fingerprint density at radius 1 is 1.00 bits per heavy atom. The molecule has 0 atom stereocenters. The molecule has 0 heterocycles. The lowest BCUT2D eigenvalue weighted by atomic mass is 10.1. The molecule has 0 spiro atoms. The van der Waals surface area contributed by atoms with E-state index >= 15 is 0 Å². The molecule has 0 aliphatic carbocycles. The predicted molar refractivity (Wildman–Crippen MR) is 75.2 cm³/mol. The van der Waals surface area contributed by atoms with Gasteiger partial charge in [0.15, 0.2) is 0 Å². The molecule has 0 aromatic heterocycles. The molecule has 0 saturated heterocycles. The van der Waals surface area contributed by atoms with E-state index in [0.717, 1.165) is 0 Å². The summed E-state index contributed by atoms with van der Waals surface area (Å²) in [5, 5.41) is 0. The quantitative estimate of drug-likeness (QED) is 0.793. The Hall–Kier alpha value is -1.36. The fraction of sp³-hybridized carbons (Fsp3) is 0.429. The molecule has 1 aromatic rings. The number of halogens is 1. The number of carbonyl (C=O) groups is 2. The highest BCUT2D eigenvalue weighted by atomic mass is 79.9. The van der Waals surface area contributed by atoms with Crippen LogP contribution in [0.4, 0.5) is 0 Å². The van der Waals surface area contributed by atoms with Gasteiger partial charge in [-0.25, -0.2) is 9.59 Å². The van der Waals surface area contributed by atoms with Crippen molar-refractivity contribution in [1.29, 1.82) is 0 Å². The minimum Gasteiger partial charge on any atom is -0.459 e. The molecule has 5 heteroatoms. The van der Waals surface area contributed by atoms with Crippen molar-refractivity contribution in [1.82, 2.24) is 0 Å². The molecule has 0 amide bonds. The van der Waals surface area contributed by atoms with Gasteiger partial charge < -0.3 is 9.47 Å². The second-order valence-corrected chi connectivity index (χ2v) is 5.46. The molecule has 4 nitrogen and oxygen atoms in total. The van der Waals surface area contributed by atoms with Gasteiger partial charge in [0.25, 0.3) is 0 Å². The van der Waals surface area contributed by atoms with Gasteiger partial charge in [-0.1, -0.05) is 0 Å². The van der Waals surface area contributed by atoms with E-state index in [4.69, 9.17) is 9.47 Å². The van der Waals surface area contributed by atoms with Crippen LogP contribution < -0.4 is 0 Å². The lowest BCUT2D eigenvalue weighted by Crippen LogP contribution is -2.14. The molecule has 0 N–H and O–H groups in total. The molecule has 1 aromatic carbocycles. The monoisotopic (exact) mass is 328 g/mol. The highest BCUT2D eigenvalue weighted by Gasteiger charge is 2.16. The van der Waals surface area contributed by atoms with Crippen LogP contribution in [-0.2, 0) is 9.47 Å². The maximum Gasteiger partial charge on any atom is 0.339 e. The fourth-order valence-corrected chi connectivity index (χ4v) is 1.91. The molecule has 1 rings (SSSR count). The van der Waals surface area contributed by atoms with Crippen LogP contribution >= 0.6 is 15.9 Å². The lowest BCUT2D eigenvalue weighted by Gasteiger charge is -2.11. The van der Waals surface area contributed by atoms with Crippen LogP contribution in [0.5, 0.6) is 0 Å². The van der Waals surface area contributed by atoms with Crippen molar-refractivity contribution >= 4 is 27.9 Å². The molecule has 0 aliphatic rings. The van der Waals surface area contributed by atoms with Gasteiger partial charge in [0.1, 0.15) is 0 Å². The Kier molecular flexibility index (Phi) is 5.54. The zero-order valence-corrected chi connectivity index (χ0v) is 13.0. The molecule has 19 heavy (non-hydrogen) atoms. The standard InChI is InChI=1S/C14H17BrO4/c1-8(2)18-13(16)10-5-6-11(12(15)7-10)14(17)19-9(3)4/h5-9H,1-4H3. The summed E-state index contributed by atoms with van der Waals surface area (Å²) in [5.41, 5.74) is 0.775. The van der Waals surface area contributed by atoms with Gasteiger partial charge >= 0.3 is 11.9 Å². The van der Waals surface area contributed by atoms with Crippen molar-refractivity contribution in [3.63, 3.8) is 0 Å². The van der Waals surface area contributed by atoms with Crippen LogP contribution in [0.2, 0.25) is 0 Å². The first-order valence-electron chi connectivity index (χ1n) is 6.02. The van der Waals surface area contributed by atoms with E-state index in [1.54, 1.807) is 45.9 Å². The number of esters is 2.